The van der Waals surface area contributed by atoms with E-state index in [1.54, 1.807) is 19.2 Å². The highest BCUT2D eigenvalue weighted by Gasteiger charge is 2.41. The SMILES string of the molecule is COCCC1(C(=O)O)CCN(Cc2ccc(F)c3ccoc23)CC1. The molecule has 0 radical (unpaired) electrons. The first kappa shape index (κ1) is 16.9. The van der Waals surface area contributed by atoms with Gasteiger partial charge < -0.3 is 14.3 Å². The van der Waals surface area contributed by atoms with Crippen molar-refractivity contribution in [3.63, 3.8) is 0 Å². The van der Waals surface area contributed by atoms with E-state index >= 15 is 0 Å². The number of ether oxygens (including phenoxy) is 1. The van der Waals surface area contributed by atoms with Gasteiger partial charge in [-0.1, -0.05) is 6.07 Å². The maximum atomic E-state index is 13.7. The third-order valence-electron chi connectivity index (χ3n) is 5.09. The van der Waals surface area contributed by atoms with Crippen LogP contribution in [0.25, 0.3) is 11.0 Å². The van der Waals surface area contributed by atoms with Gasteiger partial charge in [0.05, 0.1) is 17.1 Å². The van der Waals surface area contributed by atoms with Gasteiger partial charge in [0.1, 0.15) is 11.4 Å². The van der Waals surface area contributed by atoms with Crippen molar-refractivity contribution in [2.24, 2.45) is 5.41 Å². The third kappa shape index (κ3) is 3.16. The molecular formula is C18H22FNO4. The second kappa shape index (κ2) is 6.91. The number of likely N-dealkylation sites (tertiary alicyclic amines) is 1. The van der Waals surface area contributed by atoms with E-state index in [9.17, 15) is 14.3 Å². The molecule has 2 aromatic rings. The predicted octanol–water partition coefficient (Wildman–Crippen LogP) is 3.28. The van der Waals surface area contributed by atoms with Crippen LogP contribution in [0, 0.1) is 11.2 Å². The van der Waals surface area contributed by atoms with Crippen molar-refractivity contribution in [1.29, 1.82) is 0 Å². The number of carboxylic acid groups (broad SMARTS) is 1. The molecule has 0 spiro atoms. The normalized spacial score (nSPS) is 18.1. The van der Waals surface area contributed by atoms with E-state index in [2.05, 4.69) is 4.90 Å². The number of furan rings is 1. The fourth-order valence-electron chi connectivity index (χ4n) is 3.46. The minimum absolute atomic E-state index is 0.286. The highest BCUT2D eigenvalue weighted by molar-refractivity contribution is 5.81. The molecule has 2 heterocycles. The Morgan fingerprint density at radius 3 is 2.79 bits per heavy atom. The van der Waals surface area contributed by atoms with Crippen LogP contribution >= 0.6 is 0 Å². The van der Waals surface area contributed by atoms with Crippen molar-refractivity contribution < 1.29 is 23.4 Å². The number of piperidine rings is 1. The average molecular weight is 335 g/mol. The molecule has 24 heavy (non-hydrogen) atoms. The van der Waals surface area contributed by atoms with Crippen molar-refractivity contribution in [3.05, 3.63) is 35.8 Å². The Kier molecular flexibility index (Phi) is 4.87. The van der Waals surface area contributed by atoms with E-state index in [-0.39, 0.29) is 5.82 Å². The number of hydrogen-bond donors (Lipinski definition) is 1. The molecule has 1 aromatic carbocycles. The van der Waals surface area contributed by atoms with Gasteiger partial charge in [0, 0.05) is 25.8 Å². The van der Waals surface area contributed by atoms with E-state index < -0.39 is 11.4 Å². The molecule has 1 N–H and O–H groups in total. The van der Waals surface area contributed by atoms with Gasteiger partial charge in [-0.3, -0.25) is 9.69 Å². The summed E-state index contributed by atoms with van der Waals surface area (Å²) in [4.78, 5) is 13.9. The Hall–Kier alpha value is -1.92. The Bertz CT molecular complexity index is 719. The third-order valence-corrected chi connectivity index (χ3v) is 5.09. The molecule has 1 aliphatic heterocycles. The van der Waals surface area contributed by atoms with Crippen LogP contribution < -0.4 is 0 Å². The largest absolute Gasteiger partial charge is 0.481 e. The number of halogens is 1. The molecule has 0 atom stereocenters. The molecule has 6 heteroatoms. The van der Waals surface area contributed by atoms with Crippen LogP contribution in [0.2, 0.25) is 0 Å². The highest BCUT2D eigenvalue weighted by atomic mass is 19.1. The van der Waals surface area contributed by atoms with Crippen molar-refractivity contribution in [1.82, 2.24) is 4.90 Å². The maximum absolute atomic E-state index is 13.7. The lowest BCUT2D eigenvalue weighted by atomic mass is 9.76. The quantitative estimate of drug-likeness (QED) is 0.878. The number of rotatable bonds is 6. The van der Waals surface area contributed by atoms with Gasteiger partial charge in [0.2, 0.25) is 0 Å². The van der Waals surface area contributed by atoms with Gasteiger partial charge in [0.15, 0.2) is 0 Å². The number of aliphatic carboxylic acids is 1. The smallest absolute Gasteiger partial charge is 0.309 e. The topological polar surface area (TPSA) is 62.9 Å². The summed E-state index contributed by atoms with van der Waals surface area (Å²) in [7, 11) is 1.59. The average Bonchev–Trinajstić information content (AvgIpc) is 3.07. The van der Waals surface area contributed by atoms with Crippen LogP contribution in [0.4, 0.5) is 4.39 Å². The standard InChI is InChI=1S/C18H22FNO4/c1-23-11-7-18(17(21)22)5-8-20(9-6-18)12-13-2-3-15(19)14-4-10-24-16(13)14/h2-4,10H,5-9,11-12H2,1H3,(H,21,22). The van der Waals surface area contributed by atoms with Crippen LogP contribution in [-0.2, 0) is 16.1 Å². The molecule has 0 saturated carbocycles. The summed E-state index contributed by atoms with van der Waals surface area (Å²) in [6.45, 7) is 2.47. The number of carbonyl (C=O) groups is 1. The molecular weight excluding hydrogens is 313 g/mol. The fraction of sp³-hybridized carbons (Fsp3) is 0.500. The summed E-state index contributed by atoms with van der Waals surface area (Å²) in [5, 5.41) is 10.1. The summed E-state index contributed by atoms with van der Waals surface area (Å²) >= 11 is 0. The second-order valence-corrected chi connectivity index (χ2v) is 6.47. The van der Waals surface area contributed by atoms with E-state index in [4.69, 9.17) is 9.15 Å². The number of fused-ring (bicyclic) bond motifs is 1. The molecule has 1 saturated heterocycles. The van der Waals surface area contributed by atoms with E-state index in [0.29, 0.717) is 56.5 Å². The maximum Gasteiger partial charge on any atom is 0.309 e. The predicted molar refractivity (Wildman–Crippen MR) is 87.2 cm³/mol. The Labute approximate surface area is 140 Å². The van der Waals surface area contributed by atoms with Crippen LogP contribution in [0.15, 0.2) is 28.9 Å². The van der Waals surface area contributed by atoms with Crippen molar-refractivity contribution in [2.45, 2.75) is 25.8 Å². The first-order valence-electron chi connectivity index (χ1n) is 8.15. The molecule has 5 nitrogen and oxygen atoms in total. The zero-order valence-electron chi connectivity index (χ0n) is 13.8. The number of nitrogens with zero attached hydrogens (tertiary/aromatic N) is 1. The molecule has 1 fully saturated rings. The number of hydrogen-bond acceptors (Lipinski definition) is 4. The fourth-order valence-corrected chi connectivity index (χ4v) is 3.46. The summed E-state index contributed by atoms with van der Waals surface area (Å²) in [6, 6.07) is 4.83. The summed E-state index contributed by atoms with van der Waals surface area (Å²) < 4.78 is 24.2. The van der Waals surface area contributed by atoms with Crippen LogP contribution in [0.1, 0.15) is 24.8 Å². The summed E-state index contributed by atoms with van der Waals surface area (Å²) in [6.07, 6.45) is 3.21. The molecule has 0 bridgehead atoms. The lowest BCUT2D eigenvalue weighted by Crippen LogP contribution is -2.44. The van der Waals surface area contributed by atoms with Gasteiger partial charge in [-0.05, 0) is 44.5 Å². The first-order chi connectivity index (χ1) is 11.6. The number of benzene rings is 1. The van der Waals surface area contributed by atoms with E-state index in [1.165, 1.54) is 12.3 Å². The lowest BCUT2D eigenvalue weighted by Gasteiger charge is -2.38. The lowest BCUT2D eigenvalue weighted by molar-refractivity contribution is -0.153. The van der Waals surface area contributed by atoms with Gasteiger partial charge in [-0.25, -0.2) is 4.39 Å². The van der Waals surface area contributed by atoms with E-state index in [1.807, 2.05) is 0 Å². The Balaban J connectivity index is 1.69. The van der Waals surface area contributed by atoms with E-state index in [0.717, 1.165) is 5.56 Å². The molecule has 1 aliphatic rings. The second-order valence-electron chi connectivity index (χ2n) is 6.47. The molecule has 130 valence electrons. The van der Waals surface area contributed by atoms with Gasteiger partial charge >= 0.3 is 5.97 Å². The zero-order valence-corrected chi connectivity index (χ0v) is 13.8. The molecule has 1 aromatic heterocycles. The molecule has 0 unspecified atom stereocenters. The van der Waals surface area contributed by atoms with Gasteiger partial charge in [0.25, 0.3) is 0 Å². The summed E-state index contributed by atoms with van der Waals surface area (Å²) in [5.41, 5.74) is 0.801. The van der Waals surface area contributed by atoms with Gasteiger partial charge in [-0.15, -0.1) is 0 Å². The number of methoxy groups -OCH3 is 1. The van der Waals surface area contributed by atoms with Crippen molar-refractivity contribution >= 4 is 16.9 Å². The Morgan fingerprint density at radius 1 is 1.38 bits per heavy atom. The molecule has 0 aliphatic carbocycles. The highest BCUT2D eigenvalue weighted by Crippen LogP contribution is 2.36. The zero-order chi connectivity index (χ0) is 17.2. The first-order valence-corrected chi connectivity index (χ1v) is 8.15. The van der Waals surface area contributed by atoms with Gasteiger partial charge in [-0.2, -0.15) is 0 Å². The monoisotopic (exact) mass is 335 g/mol. The minimum Gasteiger partial charge on any atom is -0.481 e. The number of carboxylic acids is 1. The van der Waals surface area contributed by atoms with Crippen molar-refractivity contribution in [2.75, 3.05) is 26.8 Å². The van der Waals surface area contributed by atoms with Crippen molar-refractivity contribution in [3.8, 4) is 0 Å². The summed E-state index contributed by atoms with van der Waals surface area (Å²) in [5.74, 6) is -1.03. The van der Waals surface area contributed by atoms with Crippen LogP contribution in [0.5, 0.6) is 0 Å². The molecule has 3 rings (SSSR count). The van der Waals surface area contributed by atoms with Crippen LogP contribution in [-0.4, -0.2) is 42.8 Å². The Morgan fingerprint density at radius 2 is 2.12 bits per heavy atom. The molecule has 0 amide bonds. The minimum atomic E-state index is -0.741. The van der Waals surface area contributed by atoms with Crippen LogP contribution in [0.3, 0.4) is 0 Å².